The van der Waals surface area contributed by atoms with Crippen LogP contribution in [0.25, 0.3) is 0 Å². The van der Waals surface area contributed by atoms with Gasteiger partial charge >= 0.3 is 0 Å². The molecule has 1 atom stereocenters. The van der Waals surface area contributed by atoms with E-state index in [2.05, 4.69) is 4.90 Å². The zero-order valence-electron chi connectivity index (χ0n) is 13.7. The molecule has 4 nitrogen and oxygen atoms in total. The first-order valence-corrected chi connectivity index (χ1v) is 8.81. The molecule has 1 aliphatic carbocycles. The van der Waals surface area contributed by atoms with Crippen molar-refractivity contribution >= 4 is 5.91 Å². The Labute approximate surface area is 133 Å². The van der Waals surface area contributed by atoms with Crippen LogP contribution in [0.2, 0.25) is 0 Å². The fourth-order valence-electron chi connectivity index (χ4n) is 4.52. The van der Waals surface area contributed by atoms with Crippen LogP contribution in [0, 0.1) is 5.92 Å². The first kappa shape index (κ1) is 16.2. The van der Waals surface area contributed by atoms with Gasteiger partial charge in [0, 0.05) is 38.2 Å². The standard InChI is InChI=1S/C17H29FN2O2/c1-22-11-10-20-8-3-5-17(20)4-2-7-19(9-6-17)16(21)14-12-15(18)13-14/h14-15H,2-13H2,1H3. The number of likely N-dealkylation sites (tertiary alicyclic amines) is 2. The number of amides is 1. The maximum Gasteiger partial charge on any atom is 0.225 e. The summed E-state index contributed by atoms with van der Waals surface area (Å²) in [5, 5.41) is 0. The number of halogens is 1. The Morgan fingerprint density at radius 2 is 1.91 bits per heavy atom. The van der Waals surface area contributed by atoms with Gasteiger partial charge in [0.15, 0.2) is 0 Å². The largest absolute Gasteiger partial charge is 0.383 e. The summed E-state index contributed by atoms with van der Waals surface area (Å²) in [6, 6.07) is 0. The van der Waals surface area contributed by atoms with Gasteiger partial charge in [-0.15, -0.1) is 0 Å². The molecule has 0 aromatic rings. The van der Waals surface area contributed by atoms with E-state index in [1.807, 2.05) is 4.90 Å². The molecular weight excluding hydrogens is 283 g/mol. The number of rotatable bonds is 4. The van der Waals surface area contributed by atoms with E-state index in [0.29, 0.717) is 12.8 Å². The lowest BCUT2D eigenvalue weighted by Crippen LogP contribution is -2.47. The number of hydrogen-bond donors (Lipinski definition) is 0. The fourth-order valence-corrected chi connectivity index (χ4v) is 4.52. The average molecular weight is 312 g/mol. The van der Waals surface area contributed by atoms with Gasteiger partial charge in [0.05, 0.1) is 6.61 Å². The zero-order chi connectivity index (χ0) is 15.6. The molecule has 0 radical (unpaired) electrons. The number of carbonyl (C=O) groups excluding carboxylic acids is 1. The fraction of sp³-hybridized carbons (Fsp3) is 0.941. The second kappa shape index (κ2) is 6.83. The van der Waals surface area contributed by atoms with Gasteiger partial charge in [0.1, 0.15) is 6.17 Å². The van der Waals surface area contributed by atoms with Crippen LogP contribution in [-0.4, -0.2) is 67.3 Å². The normalized spacial score (nSPS) is 36.4. The summed E-state index contributed by atoms with van der Waals surface area (Å²) in [5.74, 6) is 0.157. The van der Waals surface area contributed by atoms with E-state index in [-0.39, 0.29) is 17.4 Å². The van der Waals surface area contributed by atoms with Crippen LogP contribution in [0.4, 0.5) is 4.39 Å². The third-order valence-corrected chi connectivity index (χ3v) is 5.97. The summed E-state index contributed by atoms with van der Waals surface area (Å²) in [6.45, 7) is 4.63. The summed E-state index contributed by atoms with van der Waals surface area (Å²) in [4.78, 5) is 17.1. The monoisotopic (exact) mass is 312 g/mol. The Bertz CT molecular complexity index is 400. The molecule has 2 aliphatic heterocycles. The maximum atomic E-state index is 13.0. The van der Waals surface area contributed by atoms with E-state index in [4.69, 9.17) is 4.74 Å². The van der Waals surface area contributed by atoms with E-state index in [1.165, 1.54) is 19.3 Å². The third-order valence-electron chi connectivity index (χ3n) is 5.97. The minimum Gasteiger partial charge on any atom is -0.383 e. The van der Waals surface area contributed by atoms with Crippen LogP contribution in [0.3, 0.4) is 0 Å². The Kier molecular flexibility index (Phi) is 5.03. The van der Waals surface area contributed by atoms with Crippen LogP contribution < -0.4 is 0 Å². The number of carbonyl (C=O) groups is 1. The molecule has 1 amide bonds. The molecule has 5 heteroatoms. The van der Waals surface area contributed by atoms with Crippen molar-refractivity contribution in [3.63, 3.8) is 0 Å². The van der Waals surface area contributed by atoms with E-state index in [0.717, 1.165) is 45.6 Å². The Balaban J connectivity index is 1.58. The van der Waals surface area contributed by atoms with Gasteiger partial charge in [-0.25, -0.2) is 4.39 Å². The lowest BCUT2D eigenvalue weighted by atomic mass is 9.82. The first-order chi connectivity index (χ1) is 10.6. The number of nitrogens with zero attached hydrogens (tertiary/aromatic N) is 2. The van der Waals surface area contributed by atoms with Gasteiger partial charge in [0.2, 0.25) is 5.91 Å². The zero-order valence-corrected chi connectivity index (χ0v) is 13.7. The molecule has 22 heavy (non-hydrogen) atoms. The molecule has 126 valence electrons. The Morgan fingerprint density at radius 1 is 1.18 bits per heavy atom. The van der Waals surface area contributed by atoms with E-state index in [9.17, 15) is 9.18 Å². The molecule has 3 fully saturated rings. The summed E-state index contributed by atoms with van der Waals surface area (Å²) >= 11 is 0. The van der Waals surface area contributed by atoms with Crippen LogP contribution in [-0.2, 0) is 9.53 Å². The van der Waals surface area contributed by atoms with Crippen molar-refractivity contribution in [2.75, 3.05) is 39.9 Å². The Morgan fingerprint density at radius 3 is 2.59 bits per heavy atom. The van der Waals surface area contributed by atoms with E-state index < -0.39 is 6.17 Å². The van der Waals surface area contributed by atoms with Gasteiger partial charge in [-0.2, -0.15) is 0 Å². The quantitative estimate of drug-likeness (QED) is 0.798. The van der Waals surface area contributed by atoms with Crippen LogP contribution in [0.15, 0.2) is 0 Å². The lowest BCUT2D eigenvalue weighted by molar-refractivity contribution is -0.140. The number of methoxy groups -OCH3 is 1. The minimum absolute atomic E-state index is 0.0442. The van der Waals surface area contributed by atoms with E-state index >= 15 is 0 Å². The molecule has 0 aromatic heterocycles. The molecule has 1 spiro atoms. The molecular formula is C17H29FN2O2. The van der Waals surface area contributed by atoms with Crippen LogP contribution >= 0.6 is 0 Å². The highest BCUT2D eigenvalue weighted by Gasteiger charge is 2.43. The number of alkyl halides is 1. The van der Waals surface area contributed by atoms with Gasteiger partial charge in [-0.05, 0) is 51.5 Å². The summed E-state index contributed by atoms with van der Waals surface area (Å²) in [5.41, 5.74) is 0.274. The molecule has 2 saturated heterocycles. The Hall–Kier alpha value is -0.680. The SMILES string of the molecule is COCCN1CCCC12CCCN(C(=O)C1CC(F)C1)CC2. The predicted molar refractivity (Wildman–Crippen MR) is 83.5 cm³/mol. The predicted octanol–water partition coefficient (Wildman–Crippen LogP) is 2.23. The number of ether oxygens (including phenoxy) is 1. The second-order valence-electron chi connectivity index (χ2n) is 7.25. The topological polar surface area (TPSA) is 32.8 Å². The molecule has 1 saturated carbocycles. The second-order valence-corrected chi connectivity index (χ2v) is 7.25. The van der Waals surface area contributed by atoms with Gasteiger partial charge < -0.3 is 9.64 Å². The lowest BCUT2D eigenvalue weighted by Gasteiger charge is -2.38. The van der Waals surface area contributed by atoms with E-state index in [1.54, 1.807) is 7.11 Å². The molecule has 1 unspecified atom stereocenters. The van der Waals surface area contributed by atoms with Crippen molar-refractivity contribution in [1.82, 2.24) is 9.80 Å². The molecule has 3 aliphatic rings. The van der Waals surface area contributed by atoms with Crippen molar-refractivity contribution in [1.29, 1.82) is 0 Å². The smallest absolute Gasteiger partial charge is 0.225 e. The third kappa shape index (κ3) is 3.16. The highest BCUT2D eigenvalue weighted by Crippen LogP contribution is 2.39. The van der Waals surface area contributed by atoms with Crippen molar-refractivity contribution in [2.24, 2.45) is 5.92 Å². The summed E-state index contributed by atoms with van der Waals surface area (Å²) in [6.07, 6.45) is 5.96. The van der Waals surface area contributed by atoms with Crippen molar-refractivity contribution in [3.8, 4) is 0 Å². The van der Waals surface area contributed by atoms with Crippen molar-refractivity contribution < 1.29 is 13.9 Å². The van der Waals surface area contributed by atoms with Crippen molar-refractivity contribution in [2.45, 2.75) is 56.7 Å². The minimum atomic E-state index is -0.744. The van der Waals surface area contributed by atoms with Gasteiger partial charge in [-0.1, -0.05) is 0 Å². The average Bonchev–Trinajstić information content (AvgIpc) is 2.73. The van der Waals surface area contributed by atoms with Gasteiger partial charge in [-0.3, -0.25) is 9.69 Å². The van der Waals surface area contributed by atoms with Crippen molar-refractivity contribution in [3.05, 3.63) is 0 Å². The highest BCUT2D eigenvalue weighted by molar-refractivity contribution is 5.79. The molecule has 2 heterocycles. The number of hydrogen-bond acceptors (Lipinski definition) is 3. The molecule has 0 aromatic carbocycles. The molecule has 0 bridgehead atoms. The molecule has 3 rings (SSSR count). The van der Waals surface area contributed by atoms with Gasteiger partial charge in [0.25, 0.3) is 0 Å². The first-order valence-electron chi connectivity index (χ1n) is 8.81. The maximum absolute atomic E-state index is 13.0. The highest BCUT2D eigenvalue weighted by atomic mass is 19.1. The summed E-state index contributed by atoms with van der Waals surface area (Å²) in [7, 11) is 1.76. The van der Waals surface area contributed by atoms with Crippen LogP contribution in [0.5, 0.6) is 0 Å². The molecule has 0 N–H and O–H groups in total. The van der Waals surface area contributed by atoms with Crippen LogP contribution in [0.1, 0.15) is 44.9 Å². The summed E-state index contributed by atoms with van der Waals surface area (Å²) < 4.78 is 18.2.